The zero-order valence-corrected chi connectivity index (χ0v) is 15.8. The van der Waals surface area contributed by atoms with Gasteiger partial charge in [0.2, 0.25) is 0 Å². The van der Waals surface area contributed by atoms with Crippen molar-refractivity contribution in [2.24, 2.45) is 0 Å². The standard InChI is InChI=1S/C19H25N3O4/c1-6-25-17(23)16-12-22(21-13(16)2)15-9-7-8-14(10-15)11-20-18(24)26-19(3,4)5/h7-10,12H,6,11H2,1-5H3,(H,20,24). The van der Waals surface area contributed by atoms with Crippen LogP contribution in [0.5, 0.6) is 0 Å². The molecule has 2 aromatic rings. The van der Waals surface area contributed by atoms with Crippen molar-refractivity contribution in [2.75, 3.05) is 6.61 Å². The molecule has 26 heavy (non-hydrogen) atoms. The molecule has 1 amide bonds. The second-order valence-electron chi connectivity index (χ2n) is 6.82. The molecule has 0 bridgehead atoms. The van der Waals surface area contributed by atoms with Crippen molar-refractivity contribution in [1.82, 2.24) is 15.1 Å². The number of esters is 1. The van der Waals surface area contributed by atoms with E-state index in [9.17, 15) is 9.59 Å². The lowest BCUT2D eigenvalue weighted by Gasteiger charge is -2.19. The minimum absolute atomic E-state index is 0.315. The van der Waals surface area contributed by atoms with Crippen LogP contribution in [0.25, 0.3) is 5.69 Å². The first-order valence-electron chi connectivity index (χ1n) is 8.49. The predicted octanol–water partition coefficient (Wildman–Crippen LogP) is 3.38. The van der Waals surface area contributed by atoms with Crippen LogP contribution in [0.3, 0.4) is 0 Å². The number of alkyl carbamates (subject to hydrolysis) is 1. The summed E-state index contributed by atoms with van der Waals surface area (Å²) in [6.07, 6.45) is 1.18. The van der Waals surface area contributed by atoms with Crippen molar-refractivity contribution in [3.63, 3.8) is 0 Å². The third-order valence-electron chi connectivity index (χ3n) is 3.41. The van der Waals surface area contributed by atoms with Crippen LogP contribution in [0.2, 0.25) is 0 Å². The van der Waals surface area contributed by atoms with Crippen LogP contribution in [0.15, 0.2) is 30.5 Å². The molecular weight excluding hydrogens is 334 g/mol. The number of carbonyl (C=O) groups is 2. The number of carbonyl (C=O) groups excluding carboxylic acids is 2. The van der Waals surface area contributed by atoms with E-state index in [1.165, 1.54) is 0 Å². The number of hydrogen-bond donors (Lipinski definition) is 1. The van der Waals surface area contributed by atoms with Gasteiger partial charge in [-0.05, 0) is 52.3 Å². The smallest absolute Gasteiger partial charge is 0.407 e. The molecular formula is C19H25N3O4. The Kier molecular flexibility index (Phi) is 6.02. The average Bonchev–Trinajstić information content (AvgIpc) is 2.94. The van der Waals surface area contributed by atoms with Gasteiger partial charge in [-0.15, -0.1) is 0 Å². The van der Waals surface area contributed by atoms with Crippen molar-refractivity contribution in [1.29, 1.82) is 0 Å². The number of nitrogens with zero attached hydrogens (tertiary/aromatic N) is 2. The van der Waals surface area contributed by atoms with Gasteiger partial charge in [0.25, 0.3) is 0 Å². The summed E-state index contributed by atoms with van der Waals surface area (Å²) in [7, 11) is 0. The van der Waals surface area contributed by atoms with Gasteiger partial charge in [-0.2, -0.15) is 5.10 Å². The van der Waals surface area contributed by atoms with Gasteiger partial charge in [-0.25, -0.2) is 14.3 Å². The van der Waals surface area contributed by atoms with Gasteiger partial charge in [0.15, 0.2) is 0 Å². The monoisotopic (exact) mass is 359 g/mol. The summed E-state index contributed by atoms with van der Waals surface area (Å²) in [6, 6.07) is 7.52. The third kappa shape index (κ3) is 5.34. The van der Waals surface area contributed by atoms with E-state index in [2.05, 4.69) is 10.4 Å². The largest absolute Gasteiger partial charge is 0.462 e. The molecule has 0 aliphatic heterocycles. The normalized spacial score (nSPS) is 11.1. The number of aromatic nitrogens is 2. The lowest BCUT2D eigenvalue weighted by Crippen LogP contribution is -2.32. The number of ether oxygens (including phenoxy) is 2. The molecule has 0 unspecified atom stereocenters. The predicted molar refractivity (Wildman–Crippen MR) is 97.3 cm³/mol. The van der Waals surface area contributed by atoms with Crippen molar-refractivity contribution in [2.45, 2.75) is 46.8 Å². The summed E-state index contributed by atoms with van der Waals surface area (Å²) < 4.78 is 11.9. The molecule has 1 aromatic heterocycles. The van der Waals surface area contributed by atoms with Crippen LogP contribution in [0.4, 0.5) is 4.79 Å². The molecule has 0 fully saturated rings. The van der Waals surface area contributed by atoms with E-state index in [0.29, 0.717) is 24.4 Å². The maximum absolute atomic E-state index is 11.9. The van der Waals surface area contributed by atoms with Crippen LogP contribution < -0.4 is 5.32 Å². The first kappa shape index (κ1) is 19.5. The highest BCUT2D eigenvalue weighted by atomic mass is 16.6. The molecule has 140 valence electrons. The minimum atomic E-state index is -0.540. The van der Waals surface area contributed by atoms with Crippen LogP contribution in [-0.2, 0) is 16.0 Å². The van der Waals surface area contributed by atoms with Gasteiger partial charge in [-0.1, -0.05) is 12.1 Å². The van der Waals surface area contributed by atoms with Gasteiger partial charge < -0.3 is 14.8 Å². The van der Waals surface area contributed by atoms with Gasteiger partial charge in [0.05, 0.1) is 18.0 Å². The molecule has 0 atom stereocenters. The van der Waals surface area contributed by atoms with E-state index >= 15 is 0 Å². The van der Waals surface area contributed by atoms with Crippen molar-refractivity contribution in [3.8, 4) is 5.69 Å². The molecule has 1 N–H and O–H groups in total. The van der Waals surface area contributed by atoms with Gasteiger partial charge >= 0.3 is 12.1 Å². The number of hydrogen-bond acceptors (Lipinski definition) is 5. The highest BCUT2D eigenvalue weighted by Crippen LogP contribution is 2.15. The van der Waals surface area contributed by atoms with Crippen LogP contribution >= 0.6 is 0 Å². The molecule has 0 saturated heterocycles. The summed E-state index contributed by atoms with van der Waals surface area (Å²) >= 11 is 0. The molecule has 0 aliphatic rings. The number of nitrogens with one attached hydrogen (secondary N) is 1. The first-order valence-corrected chi connectivity index (χ1v) is 8.49. The highest BCUT2D eigenvalue weighted by Gasteiger charge is 2.17. The van der Waals surface area contributed by atoms with E-state index in [-0.39, 0.29) is 5.97 Å². The summed E-state index contributed by atoms with van der Waals surface area (Å²) in [5, 5.41) is 7.09. The number of amides is 1. The second-order valence-corrected chi connectivity index (χ2v) is 6.82. The summed E-state index contributed by atoms with van der Waals surface area (Å²) in [4.78, 5) is 23.7. The zero-order chi connectivity index (χ0) is 19.3. The molecule has 7 nitrogen and oxygen atoms in total. The molecule has 0 spiro atoms. The topological polar surface area (TPSA) is 82.5 Å². The van der Waals surface area contributed by atoms with E-state index in [1.54, 1.807) is 24.7 Å². The molecule has 0 radical (unpaired) electrons. The first-order chi connectivity index (χ1) is 12.2. The number of rotatable bonds is 5. The Morgan fingerprint density at radius 1 is 1.27 bits per heavy atom. The Morgan fingerprint density at radius 3 is 2.65 bits per heavy atom. The molecule has 0 saturated carbocycles. The summed E-state index contributed by atoms with van der Waals surface area (Å²) in [5.41, 5.74) is 2.17. The fourth-order valence-electron chi connectivity index (χ4n) is 2.30. The SMILES string of the molecule is CCOC(=O)c1cn(-c2cccc(CNC(=O)OC(C)(C)C)c2)nc1C. The van der Waals surface area contributed by atoms with Gasteiger partial charge in [-0.3, -0.25) is 0 Å². The highest BCUT2D eigenvalue weighted by molar-refractivity contribution is 5.90. The third-order valence-corrected chi connectivity index (χ3v) is 3.41. The van der Waals surface area contributed by atoms with E-state index in [1.807, 2.05) is 45.0 Å². The Balaban J connectivity index is 2.11. The average molecular weight is 359 g/mol. The maximum Gasteiger partial charge on any atom is 0.407 e. The van der Waals surface area contributed by atoms with E-state index in [0.717, 1.165) is 11.3 Å². The Hall–Kier alpha value is -2.83. The van der Waals surface area contributed by atoms with Crippen LogP contribution in [0.1, 0.15) is 49.3 Å². The van der Waals surface area contributed by atoms with E-state index < -0.39 is 11.7 Å². The Labute approximate surface area is 153 Å². The Bertz CT molecular complexity index is 790. The Morgan fingerprint density at radius 2 is 2.00 bits per heavy atom. The fraction of sp³-hybridized carbons (Fsp3) is 0.421. The quantitative estimate of drug-likeness (QED) is 0.828. The number of aryl methyl sites for hydroxylation is 1. The minimum Gasteiger partial charge on any atom is -0.462 e. The van der Waals surface area contributed by atoms with E-state index in [4.69, 9.17) is 9.47 Å². The second kappa shape index (κ2) is 8.03. The van der Waals surface area contributed by atoms with Crippen molar-refractivity contribution < 1.29 is 19.1 Å². The van der Waals surface area contributed by atoms with Gasteiger partial charge in [0, 0.05) is 12.7 Å². The van der Waals surface area contributed by atoms with Crippen LogP contribution in [0, 0.1) is 6.92 Å². The fourth-order valence-corrected chi connectivity index (χ4v) is 2.30. The zero-order valence-electron chi connectivity index (χ0n) is 15.8. The lowest BCUT2D eigenvalue weighted by atomic mass is 10.2. The van der Waals surface area contributed by atoms with Crippen molar-refractivity contribution in [3.05, 3.63) is 47.3 Å². The lowest BCUT2D eigenvalue weighted by molar-refractivity contribution is 0.0514. The van der Waals surface area contributed by atoms with Crippen molar-refractivity contribution >= 4 is 12.1 Å². The molecule has 1 aromatic carbocycles. The van der Waals surface area contributed by atoms with Crippen LogP contribution in [-0.4, -0.2) is 34.1 Å². The van der Waals surface area contributed by atoms with Gasteiger partial charge in [0.1, 0.15) is 11.2 Å². The molecule has 7 heteroatoms. The molecule has 1 heterocycles. The summed E-state index contributed by atoms with van der Waals surface area (Å²) in [6.45, 7) is 9.61. The molecule has 0 aliphatic carbocycles. The maximum atomic E-state index is 11.9. The summed E-state index contributed by atoms with van der Waals surface area (Å²) in [5.74, 6) is -0.390. The molecule has 2 rings (SSSR count). The number of benzene rings is 1.